The molecule has 10 heteroatoms. The van der Waals surface area contributed by atoms with Crippen molar-refractivity contribution in [3.05, 3.63) is 85.3 Å². The standard InChI is InChI=1S/C25H20Cl2N2O5S/c1-4-34-24(33)22-13(3)28-25(35-22)29-19(15-9-10-16(26)17(27)11-15)18(21(31)23(29)32)20(30)14-7-5-12(2)6-8-14/h5-11,19,30H,4H2,1-3H3. The maximum atomic E-state index is 13.3. The molecule has 0 radical (unpaired) electrons. The zero-order valence-corrected chi connectivity index (χ0v) is 21.3. The van der Waals surface area contributed by atoms with Crippen molar-refractivity contribution in [1.29, 1.82) is 0 Å². The van der Waals surface area contributed by atoms with E-state index in [0.29, 0.717) is 21.8 Å². The molecule has 2 heterocycles. The van der Waals surface area contributed by atoms with Gasteiger partial charge in [-0.25, -0.2) is 9.78 Å². The first-order valence-electron chi connectivity index (χ1n) is 10.6. The number of Topliss-reactive ketones (excluding diaryl/α,β-unsaturated/α-hetero) is 1. The number of nitrogens with zero attached hydrogens (tertiary/aromatic N) is 2. The number of benzene rings is 2. The zero-order chi connectivity index (χ0) is 25.4. The fourth-order valence-electron chi connectivity index (χ4n) is 3.77. The topological polar surface area (TPSA) is 96.8 Å². The minimum Gasteiger partial charge on any atom is -0.507 e. The molecule has 0 bridgehead atoms. The van der Waals surface area contributed by atoms with Gasteiger partial charge in [-0.1, -0.05) is 70.4 Å². The van der Waals surface area contributed by atoms with Crippen molar-refractivity contribution in [3.8, 4) is 0 Å². The number of anilines is 1. The minimum atomic E-state index is -1.05. The monoisotopic (exact) mass is 530 g/mol. The number of ether oxygens (including phenoxy) is 1. The highest BCUT2D eigenvalue weighted by Gasteiger charge is 2.48. The van der Waals surface area contributed by atoms with Gasteiger partial charge in [0.25, 0.3) is 5.78 Å². The van der Waals surface area contributed by atoms with Gasteiger partial charge < -0.3 is 9.84 Å². The first-order valence-corrected chi connectivity index (χ1v) is 12.2. The van der Waals surface area contributed by atoms with Crippen LogP contribution in [0.4, 0.5) is 5.13 Å². The molecule has 1 fully saturated rings. The minimum absolute atomic E-state index is 0.117. The second kappa shape index (κ2) is 9.81. The smallest absolute Gasteiger partial charge is 0.350 e. The third-order valence-electron chi connectivity index (χ3n) is 5.48. The van der Waals surface area contributed by atoms with Gasteiger partial charge in [-0.15, -0.1) is 0 Å². The van der Waals surface area contributed by atoms with Gasteiger partial charge in [0.1, 0.15) is 10.6 Å². The van der Waals surface area contributed by atoms with Crippen LogP contribution in [0, 0.1) is 13.8 Å². The van der Waals surface area contributed by atoms with E-state index in [-0.39, 0.29) is 33.0 Å². The molecule has 0 spiro atoms. The summed E-state index contributed by atoms with van der Waals surface area (Å²) in [5.74, 6) is -2.68. The summed E-state index contributed by atoms with van der Waals surface area (Å²) in [4.78, 5) is 44.7. The van der Waals surface area contributed by atoms with Gasteiger partial charge in [0.05, 0.1) is 34.0 Å². The highest BCUT2D eigenvalue weighted by Crippen LogP contribution is 2.44. The molecule has 35 heavy (non-hydrogen) atoms. The number of ketones is 1. The average molecular weight is 531 g/mol. The summed E-state index contributed by atoms with van der Waals surface area (Å²) in [6, 6.07) is 10.5. The molecule has 1 N–H and O–H groups in total. The maximum absolute atomic E-state index is 13.3. The van der Waals surface area contributed by atoms with Gasteiger partial charge in [0.15, 0.2) is 5.13 Å². The molecule has 4 rings (SSSR count). The number of carbonyl (C=O) groups excluding carboxylic acids is 3. The lowest BCUT2D eigenvalue weighted by Crippen LogP contribution is -2.29. The Bertz CT molecular complexity index is 1380. The molecular weight excluding hydrogens is 511 g/mol. The SMILES string of the molecule is CCOC(=O)c1sc(N2C(=O)C(=O)C(=C(O)c3ccc(C)cc3)C2c2ccc(Cl)c(Cl)c2)nc1C. The lowest BCUT2D eigenvalue weighted by molar-refractivity contribution is -0.132. The molecule has 1 atom stereocenters. The Morgan fingerprint density at radius 1 is 1.11 bits per heavy atom. The van der Waals surface area contributed by atoms with E-state index in [4.69, 9.17) is 27.9 Å². The molecule has 1 aliphatic heterocycles. The Morgan fingerprint density at radius 2 is 1.80 bits per heavy atom. The molecule has 7 nitrogen and oxygen atoms in total. The Balaban J connectivity index is 1.93. The van der Waals surface area contributed by atoms with E-state index in [2.05, 4.69) is 4.98 Å². The number of aliphatic hydroxyl groups is 1. The number of aryl methyl sites for hydroxylation is 2. The molecule has 2 aromatic carbocycles. The molecule has 1 unspecified atom stereocenters. The van der Waals surface area contributed by atoms with Gasteiger partial charge in [-0.05, 0) is 38.5 Å². The van der Waals surface area contributed by atoms with Crippen molar-refractivity contribution in [2.45, 2.75) is 26.8 Å². The number of halogens is 2. The summed E-state index contributed by atoms with van der Waals surface area (Å²) in [7, 11) is 0. The van der Waals surface area contributed by atoms with Crippen molar-refractivity contribution in [2.24, 2.45) is 0 Å². The molecule has 0 aliphatic carbocycles. The summed E-state index contributed by atoms with van der Waals surface area (Å²) < 4.78 is 5.08. The van der Waals surface area contributed by atoms with E-state index in [9.17, 15) is 19.5 Å². The second-order valence-corrected chi connectivity index (χ2v) is 9.63. The van der Waals surface area contributed by atoms with Crippen LogP contribution >= 0.6 is 34.5 Å². The number of aromatic nitrogens is 1. The van der Waals surface area contributed by atoms with Crippen LogP contribution in [0.25, 0.3) is 5.76 Å². The van der Waals surface area contributed by atoms with Crippen molar-refractivity contribution >= 4 is 63.1 Å². The Labute approximate surface area is 215 Å². The third-order valence-corrected chi connectivity index (χ3v) is 7.36. The van der Waals surface area contributed by atoms with Gasteiger partial charge in [-0.2, -0.15) is 0 Å². The van der Waals surface area contributed by atoms with Crippen LogP contribution in [-0.4, -0.2) is 34.4 Å². The number of hydrogen-bond acceptors (Lipinski definition) is 7. The van der Waals surface area contributed by atoms with E-state index in [1.165, 1.54) is 11.0 Å². The number of amides is 1. The van der Waals surface area contributed by atoms with Crippen LogP contribution in [0.3, 0.4) is 0 Å². The predicted molar refractivity (Wildman–Crippen MR) is 135 cm³/mol. The van der Waals surface area contributed by atoms with Gasteiger partial charge in [0, 0.05) is 5.56 Å². The fraction of sp³-hybridized carbons (Fsp3) is 0.200. The van der Waals surface area contributed by atoms with Crippen LogP contribution in [0.2, 0.25) is 10.0 Å². The van der Waals surface area contributed by atoms with Crippen LogP contribution < -0.4 is 4.90 Å². The van der Waals surface area contributed by atoms with Crippen molar-refractivity contribution in [1.82, 2.24) is 4.98 Å². The van der Waals surface area contributed by atoms with E-state index < -0.39 is 23.7 Å². The number of aliphatic hydroxyl groups excluding tert-OH is 1. The quantitative estimate of drug-likeness (QED) is 0.192. The Kier molecular flexibility index (Phi) is 6.98. The van der Waals surface area contributed by atoms with Crippen LogP contribution in [0.15, 0.2) is 48.0 Å². The maximum Gasteiger partial charge on any atom is 0.350 e. The summed E-state index contributed by atoms with van der Waals surface area (Å²) in [6.45, 7) is 5.37. The van der Waals surface area contributed by atoms with Crippen LogP contribution in [0.5, 0.6) is 0 Å². The first-order chi connectivity index (χ1) is 16.6. The normalized spacial score (nSPS) is 17.2. The summed E-state index contributed by atoms with van der Waals surface area (Å²) in [6.07, 6.45) is 0. The first kappa shape index (κ1) is 24.9. The third kappa shape index (κ3) is 4.57. The van der Waals surface area contributed by atoms with Crippen molar-refractivity contribution in [3.63, 3.8) is 0 Å². The van der Waals surface area contributed by atoms with E-state index in [0.717, 1.165) is 16.9 Å². The molecule has 1 aliphatic rings. The highest BCUT2D eigenvalue weighted by atomic mass is 35.5. The molecule has 1 saturated heterocycles. The molecule has 1 amide bonds. The number of thiazole rings is 1. The van der Waals surface area contributed by atoms with Gasteiger partial charge in [0.2, 0.25) is 0 Å². The molecule has 180 valence electrons. The number of esters is 1. The Hall–Kier alpha value is -3.20. The number of rotatable bonds is 5. The van der Waals surface area contributed by atoms with Crippen molar-refractivity contribution in [2.75, 3.05) is 11.5 Å². The highest BCUT2D eigenvalue weighted by molar-refractivity contribution is 7.17. The summed E-state index contributed by atoms with van der Waals surface area (Å²) >= 11 is 13.3. The average Bonchev–Trinajstić information content (AvgIpc) is 3.33. The van der Waals surface area contributed by atoms with E-state index >= 15 is 0 Å². The van der Waals surface area contributed by atoms with Crippen LogP contribution in [-0.2, 0) is 14.3 Å². The summed E-state index contributed by atoms with van der Waals surface area (Å²) in [5.41, 5.74) is 2.02. The molecule has 3 aromatic rings. The lowest BCUT2D eigenvalue weighted by atomic mass is 9.95. The van der Waals surface area contributed by atoms with Crippen LogP contribution in [0.1, 0.15) is 45.0 Å². The Morgan fingerprint density at radius 3 is 2.43 bits per heavy atom. The van der Waals surface area contributed by atoms with Gasteiger partial charge >= 0.3 is 11.9 Å². The zero-order valence-electron chi connectivity index (χ0n) is 19.0. The molecular formula is C25H20Cl2N2O5S. The lowest BCUT2D eigenvalue weighted by Gasteiger charge is -2.23. The van der Waals surface area contributed by atoms with E-state index in [1.807, 2.05) is 6.92 Å². The largest absolute Gasteiger partial charge is 0.507 e. The number of carbonyl (C=O) groups is 3. The van der Waals surface area contributed by atoms with E-state index in [1.54, 1.807) is 50.2 Å². The molecule has 0 saturated carbocycles. The fourth-order valence-corrected chi connectivity index (χ4v) is 5.06. The second-order valence-electron chi connectivity index (χ2n) is 7.84. The predicted octanol–water partition coefficient (Wildman–Crippen LogP) is 5.87. The van der Waals surface area contributed by atoms with Gasteiger partial charge in [-0.3, -0.25) is 14.5 Å². The molecule has 1 aromatic heterocycles. The van der Waals surface area contributed by atoms with Crippen molar-refractivity contribution < 1.29 is 24.2 Å². The number of hydrogen-bond donors (Lipinski definition) is 1. The summed E-state index contributed by atoms with van der Waals surface area (Å²) in [5, 5.41) is 11.8.